The first kappa shape index (κ1) is 13.1. The summed E-state index contributed by atoms with van der Waals surface area (Å²) in [7, 11) is 0. The van der Waals surface area contributed by atoms with Crippen LogP contribution in [0.15, 0.2) is 28.7 Å². The molecule has 0 bridgehead atoms. The minimum atomic E-state index is -1.03. The number of amides is 1. The maximum Gasteiger partial charge on any atom is 0.339 e. The van der Waals surface area contributed by atoms with Gasteiger partial charge in [-0.05, 0) is 6.07 Å². The number of fused-ring (bicyclic) bond motifs is 1. The van der Waals surface area contributed by atoms with Crippen molar-refractivity contribution in [1.82, 2.24) is 5.32 Å². The highest BCUT2D eigenvalue weighted by Gasteiger charge is 2.19. The van der Waals surface area contributed by atoms with Gasteiger partial charge < -0.3 is 20.6 Å². The molecule has 2 rings (SSSR count). The number of carboxylic acid groups (broad SMARTS) is 1. The van der Waals surface area contributed by atoms with E-state index in [0.717, 1.165) is 0 Å². The second-order valence-electron chi connectivity index (χ2n) is 4.09. The lowest BCUT2D eigenvalue weighted by molar-refractivity contribution is -0.117. The standard InChI is InChI=1S/C13H14N2O4/c14-11(16)5-6-15-7-10-12(13(17)18)8-3-1-2-4-9(8)19-10/h1-4,15H,5-7H2,(H2,14,16)(H,17,18). The van der Waals surface area contributed by atoms with Gasteiger partial charge in [0.2, 0.25) is 5.91 Å². The molecule has 19 heavy (non-hydrogen) atoms. The van der Waals surface area contributed by atoms with Gasteiger partial charge in [-0.3, -0.25) is 4.79 Å². The minimum Gasteiger partial charge on any atom is -0.478 e. The number of carboxylic acids is 1. The molecule has 1 heterocycles. The van der Waals surface area contributed by atoms with Crippen molar-refractivity contribution >= 4 is 22.8 Å². The van der Waals surface area contributed by atoms with Crippen molar-refractivity contribution in [2.45, 2.75) is 13.0 Å². The molecule has 0 radical (unpaired) electrons. The number of aromatic carboxylic acids is 1. The summed E-state index contributed by atoms with van der Waals surface area (Å²) in [6.45, 7) is 0.620. The van der Waals surface area contributed by atoms with Gasteiger partial charge in [-0.1, -0.05) is 18.2 Å². The second-order valence-corrected chi connectivity index (χ2v) is 4.09. The molecule has 1 amide bonds. The summed E-state index contributed by atoms with van der Waals surface area (Å²) in [4.78, 5) is 21.9. The Bertz CT molecular complexity index is 618. The molecule has 1 aromatic carbocycles. The van der Waals surface area contributed by atoms with Gasteiger partial charge in [0, 0.05) is 18.4 Å². The number of para-hydroxylation sites is 1. The van der Waals surface area contributed by atoms with Gasteiger partial charge in [-0.2, -0.15) is 0 Å². The number of hydrogen-bond acceptors (Lipinski definition) is 4. The van der Waals surface area contributed by atoms with E-state index in [0.29, 0.717) is 23.3 Å². The number of benzene rings is 1. The lowest BCUT2D eigenvalue weighted by Crippen LogP contribution is -2.22. The van der Waals surface area contributed by atoms with E-state index in [9.17, 15) is 14.7 Å². The summed E-state index contributed by atoms with van der Waals surface area (Å²) < 4.78 is 5.51. The Morgan fingerprint density at radius 1 is 1.32 bits per heavy atom. The van der Waals surface area contributed by atoms with E-state index in [1.807, 2.05) is 0 Å². The Hall–Kier alpha value is -2.34. The molecule has 0 spiro atoms. The molecule has 0 unspecified atom stereocenters. The normalized spacial score (nSPS) is 10.7. The molecule has 6 nitrogen and oxygen atoms in total. The zero-order valence-corrected chi connectivity index (χ0v) is 10.2. The first-order valence-electron chi connectivity index (χ1n) is 5.82. The third-order valence-corrected chi connectivity index (χ3v) is 2.72. The molecule has 0 atom stereocenters. The molecule has 0 saturated carbocycles. The van der Waals surface area contributed by atoms with Crippen LogP contribution in [0.2, 0.25) is 0 Å². The molecule has 0 aliphatic heterocycles. The summed E-state index contributed by atoms with van der Waals surface area (Å²) in [5.74, 6) is -1.09. The zero-order chi connectivity index (χ0) is 13.8. The van der Waals surface area contributed by atoms with Crippen LogP contribution in [0.25, 0.3) is 11.0 Å². The zero-order valence-electron chi connectivity index (χ0n) is 10.2. The maximum absolute atomic E-state index is 11.3. The highest BCUT2D eigenvalue weighted by Crippen LogP contribution is 2.25. The van der Waals surface area contributed by atoms with Gasteiger partial charge in [0.05, 0.1) is 6.54 Å². The number of carbonyl (C=O) groups is 2. The molecule has 0 aliphatic rings. The van der Waals surface area contributed by atoms with Crippen LogP contribution in [0, 0.1) is 0 Å². The van der Waals surface area contributed by atoms with E-state index in [4.69, 9.17) is 10.2 Å². The Labute approximate surface area is 109 Å². The Morgan fingerprint density at radius 2 is 2.05 bits per heavy atom. The lowest BCUT2D eigenvalue weighted by Gasteiger charge is -2.01. The van der Waals surface area contributed by atoms with Crippen LogP contribution >= 0.6 is 0 Å². The highest BCUT2D eigenvalue weighted by atomic mass is 16.4. The van der Waals surface area contributed by atoms with Gasteiger partial charge in [0.25, 0.3) is 0 Å². The van der Waals surface area contributed by atoms with E-state index >= 15 is 0 Å². The second kappa shape index (κ2) is 5.53. The lowest BCUT2D eigenvalue weighted by atomic mass is 10.1. The van der Waals surface area contributed by atoms with Crippen LogP contribution < -0.4 is 11.1 Å². The van der Waals surface area contributed by atoms with E-state index in [1.54, 1.807) is 24.3 Å². The van der Waals surface area contributed by atoms with Crippen molar-refractivity contribution in [2.75, 3.05) is 6.54 Å². The average molecular weight is 262 g/mol. The molecular weight excluding hydrogens is 248 g/mol. The van der Waals surface area contributed by atoms with Crippen molar-refractivity contribution in [2.24, 2.45) is 5.73 Å². The molecule has 4 N–H and O–H groups in total. The first-order valence-corrected chi connectivity index (χ1v) is 5.82. The van der Waals surface area contributed by atoms with Crippen LogP contribution in [0.4, 0.5) is 0 Å². The third kappa shape index (κ3) is 2.92. The van der Waals surface area contributed by atoms with Crippen molar-refractivity contribution in [3.63, 3.8) is 0 Å². The van der Waals surface area contributed by atoms with Crippen LogP contribution in [0.5, 0.6) is 0 Å². The van der Waals surface area contributed by atoms with Gasteiger partial charge in [0.15, 0.2) is 0 Å². The minimum absolute atomic E-state index is 0.155. The summed E-state index contributed by atoms with van der Waals surface area (Å²) in [5, 5.41) is 12.7. The number of nitrogens with two attached hydrogens (primary N) is 1. The van der Waals surface area contributed by atoms with E-state index < -0.39 is 11.9 Å². The molecule has 1 aromatic heterocycles. The smallest absolute Gasteiger partial charge is 0.339 e. The van der Waals surface area contributed by atoms with Gasteiger partial charge in [-0.15, -0.1) is 0 Å². The van der Waals surface area contributed by atoms with Crippen molar-refractivity contribution in [1.29, 1.82) is 0 Å². The fraction of sp³-hybridized carbons (Fsp3) is 0.231. The molecule has 0 fully saturated rings. The number of hydrogen-bond donors (Lipinski definition) is 3. The van der Waals surface area contributed by atoms with Gasteiger partial charge in [0.1, 0.15) is 16.9 Å². The summed E-state index contributed by atoms with van der Waals surface area (Å²) >= 11 is 0. The number of rotatable bonds is 6. The molecule has 2 aromatic rings. The number of nitrogens with one attached hydrogen (secondary N) is 1. The highest BCUT2D eigenvalue weighted by molar-refractivity contribution is 6.03. The monoisotopic (exact) mass is 262 g/mol. The molecule has 0 saturated heterocycles. The van der Waals surface area contributed by atoms with Crippen LogP contribution in [0.3, 0.4) is 0 Å². The van der Waals surface area contributed by atoms with Crippen molar-refractivity contribution in [3.05, 3.63) is 35.6 Å². The van der Waals surface area contributed by atoms with E-state index in [-0.39, 0.29) is 18.5 Å². The summed E-state index contributed by atoms with van der Waals surface area (Å²) in [5.41, 5.74) is 5.70. The fourth-order valence-electron chi connectivity index (χ4n) is 1.87. The maximum atomic E-state index is 11.3. The summed E-state index contributed by atoms with van der Waals surface area (Å²) in [6.07, 6.45) is 0.197. The predicted octanol–water partition coefficient (Wildman–Crippen LogP) is 1.10. The van der Waals surface area contributed by atoms with Crippen molar-refractivity contribution < 1.29 is 19.1 Å². The molecule has 100 valence electrons. The van der Waals surface area contributed by atoms with Crippen LogP contribution in [-0.2, 0) is 11.3 Å². The topological polar surface area (TPSA) is 106 Å². The largest absolute Gasteiger partial charge is 0.478 e. The SMILES string of the molecule is NC(=O)CCNCc1oc2ccccc2c1C(=O)O. The Balaban J connectivity index is 2.20. The average Bonchev–Trinajstić information content (AvgIpc) is 2.72. The quantitative estimate of drug-likeness (QED) is 0.676. The third-order valence-electron chi connectivity index (χ3n) is 2.72. The molecule has 6 heteroatoms. The van der Waals surface area contributed by atoms with Crippen molar-refractivity contribution in [3.8, 4) is 0 Å². The predicted molar refractivity (Wildman–Crippen MR) is 68.7 cm³/mol. The van der Waals surface area contributed by atoms with E-state index in [1.165, 1.54) is 0 Å². The van der Waals surface area contributed by atoms with Crippen LogP contribution in [0.1, 0.15) is 22.5 Å². The van der Waals surface area contributed by atoms with Gasteiger partial charge in [-0.25, -0.2) is 4.79 Å². The number of carbonyl (C=O) groups excluding carboxylic acids is 1. The summed E-state index contributed by atoms with van der Waals surface area (Å²) in [6, 6.07) is 6.96. The fourth-order valence-corrected chi connectivity index (χ4v) is 1.87. The van der Waals surface area contributed by atoms with E-state index in [2.05, 4.69) is 5.32 Å². The number of furan rings is 1. The van der Waals surface area contributed by atoms with Gasteiger partial charge >= 0.3 is 5.97 Å². The van der Waals surface area contributed by atoms with Crippen LogP contribution in [-0.4, -0.2) is 23.5 Å². The molecule has 0 aliphatic carbocycles. The Kier molecular flexibility index (Phi) is 3.82. The first-order chi connectivity index (χ1) is 9.09. The Morgan fingerprint density at radius 3 is 2.74 bits per heavy atom. The number of primary amides is 1. The molecular formula is C13H14N2O4.